The molecule has 0 nitrogen and oxygen atoms in total. The lowest BCUT2D eigenvalue weighted by Gasteiger charge is -2.14. The first-order chi connectivity index (χ1) is 12.3. The van der Waals surface area contributed by atoms with Gasteiger partial charge in [0.1, 0.15) is 0 Å². The first-order valence-corrected chi connectivity index (χ1v) is 8.90. The molecule has 0 spiro atoms. The number of rotatable bonds is 0. The molecule has 0 N–H and O–H groups in total. The predicted molar refractivity (Wildman–Crippen MR) is 112 cm³/mol. The van der Waals surface area contributed by atoms with Crippen molar-refractivity contribution in [2.75, 3.05) is 0 Å². The van der Waals surface area contributed by atoms with Crippen LogP contribution in [-0.4, -0.2) is 0 Å². The van der Waals surface area contributed by atoms with Crippen LogP contribution >= 0.6 is 0 Å². The van der Waals surface area contributed by atoms with E-state index in [4.69, 9.17) is 0 Å². The number of aryl methyl sites for hydroxylation is 2. The van der Waals surface area contributed by atoms with Crippen LogP contribution in [0.5, 0.6) is 0 Å². The maximum atomic E-state index is 3.43. The van der Waals surface area contributed by atoms with Crippen LogP contribution in [0.25, 0.3) is 0 Å². The molecule has 0 heteroatoms. The van der Waals surface area contributed by atoms with E-state index >= 15 is 0 Å². The Morgan fingerprint density at radius 3 is 1.31 bits per heavy atom. The molecule has 2 aromatic carbocycles. The summed E-state index contributed by atoms with van der Waals surface area (Å²) in [6, 6.07) is 4.27. The van der Waals surface area contributed by atoms with E-state index in [9.17, 15) is 0 Å². The molecular formula is C26H26. The monoisotopic (exact) mass is 338 g/mol. The van der Waals surface area contributed by atoms with Crippen LogP contribution in [0, 0.1) is 77.1 Å². The number of benzene rings is 2. The van der Waals surface area contributed by atoms with Gasteiger partial charge in [-0.25, -0.2) is 0 Å². The summed E-state index contributed by atoms with van der Waals surface area (Å²) in [6.45, 7) is 16.5. The highest BCUT2D eigenvalue weighted by Crippen LogP contribution is 2.26. The van der Waals surface area contributed by atoms with Gasteiger partial charge in [0, 0.05) is 22.3 Å². The minimum absolute atomic E-state index is 1.07. The third-order valence-corrected chi connectivity index (χ3v) is 5.03. The van der Waals surface area contributed by atoms with Gasteiger partial charge >= 0.3 is 0 Å². The lowest BCUT2D eigenvalue weighted by atomic mass is 9.89. The molecule has 0 saturated carbocycles. The molecule has 0 aromatic heterocycles. The summed E-state index contributed by atoms with van der Waals surface area (Å²) >= 11 is 0. The van der Waals surface area contributed by atoms with Gasteiger partial charge in [0.05, 0.1) is 0 Å². The Bertz CT molecular complexity index is 1030. The average molecular weight is 338 g/mol. The molecule has 0 unspecified atom stereocenters. The molecule has 26 heavy (non-hydrogen) atoms. The fraction of sp³-hybridized carbons (Fsp3) is 0.308. The van der Waals surface area contributed by atoms with Crippen molar-refractivity contribution < 1.29 is 0 Å². The molecule has 0 saturated heterocycles. The second kappa shape index (κ2) is 8.00. The van der Waals surface area contributed by atoms with Gasteiger partial charge in [0.2, 0.25) is 0 Å². The molecule has 2 aromatic rings. The molecule has 2 rings (SSSR count). The largest absolute Gasteiger partial charge is 0.101 e. The van der Waals surface area contributed by atoms with Gasteiger partial charge in [-0.1, -0.05) is 23.7 Å². The van der Waals surface area contributed by atoms with E-state index in [-0.39, 0.29) is 0 Å². The molecule has 0 aliphatic heterocycles. The highest BCUT2D eigenvalue weighted by Gasteiger charge is 2.12. The summed E-state index contributed by atoms with van der Waals surface area (Å²) in [7, 11) is 0. The quantitative estimate of drug-likeness (QED) is 0.542. The van der Waals surface area contributed by atoms with E-state index < -0.39 is 0 Å². The molecule has 0 bridgehead atoms. The SMILES string of the molecule is CC#Cc1cc(C)c(C#Cc2c(C)c(C)c(C#CC)c(C)c2C)cc1C. The molecule has 130 valence electrons. The van der Waals surface area contributed by atoms with Gasteiger partial charge in [-0.05, 0) is 101 Å². The standard InChI is InChI=1S/C26H26/c1-9-11-23-15-18(4)24(16-17(23)3)13-14-26-21(7)19(5)25(12-10-2)20(6)22(26)8/h15-16H,1-8H3. The van der Waals surface area contributed by atoms with Gasteiger partial charge in [0.15, 0.2) is 0 Å². The van der Waals surface area contributed by atoms with E-state index in [1.807, 2.05) is 13.8 Å². The zero-order valence-corrected chi connectivity index (χ0v) is 17.2. The van der Waals surface area contributed by atoms with Gasteiger partial charge in [-0.15, -0.1) is 11.8 Å². The van der Waals surface area contributed by atoms with Crippen LogP contribution in [0.3, 0.4) is 0 Å². The van der Waals surface area contributed by atoms with Crippen LogP contribution in [0.4, 0.5) is 0 Å². The lowest BCUT2D eigenvalue weighted by Crippen LogP contribution is -2.01. The number of hydrogen-bond acceptors (Lipinski definition) is 0. The molecule has 0 fully saturated rings. The van der Waals surface area contributed by atoms with E-state index in [1.54, 1.807) is 0 Å². The topological polar surface area (TPSA) is 0 Å². The molecule has 0 aliphatic carbocycles. The van der Waals surface area contributed by atoms with Crippen molar-refractivity contribution >= 4 is 0 Å². The minimum Gasteiger partial charge on any atom is -0.101 e. The van der Waals surface area contributed by atoms with Crippen LogP contribution in [0.2, 0.25) is 0 Å². The fourth-order valence-electron chi connectivity index (χ4n) is 3.16. The van der Waals surface area contributed by atoms with Gasteiger partial charge in [-0.2, -0.15) is 0 Å². The first kappa shape index (κ1) is 19.4. The van der Waals surface area contributed by atoms with Crippen molar-refractivity contribution in [3.05, 3.63) is 67.8 Å². The zero-order valence-electron chi connectivity index (χ0n) is 17.2. The van der Waals surface area contributed by atoms with Crippen LogP contribution in [-0.2, 0) is 0 Å². The Morgan fingerprint density at radius 2 is 0.885 bits per heavy atom. The normalized spacial score (nSPS) is 9.38. The summed E-state index contributed by atoms with van der Waals surface area (Å²) in [5, 5.41) is 0. The highest BCUT2D eigenvalue weighted by atomic mass is 14.1. The van der Waals surface area contributed by atoms with Crippen LogP contribution in [0.1, 0.15) is 69.5 Å². The summed E-state index contributed by atoms with van der Waals surface area (Å²) in [5.41, 5.74) is 11.7. The Balaban J connectivity index is 2.63. The van der Waals surface area contributed by atoms with Gasteiger partial charge in [-0.3, -0.25) is 0 Å². The zero-order chi connectivity index (χ0) is 19.4. The Labute approximate surface area is 159 Å². The maximum Gasteiger partial charge on any atom is 0.0313 e. The molecule has 0 aliphatic rings. The third-order valence-electron chi connectivity index (χ3n) is 5.03. The van der Waals surface area contributed by atoms with Crippen molar-refractivity contribution in [3.8, 4) is 35.5 Å². The van der Waals surface area contributed by atoms with E-state index in [0.717, 1.165) is 27.8 Å². The van der Waals surface area contributed by atoms with E-state index in [0.29, 0.717) is 0 Å². The Morgan fingerprint density at radius 1 is 0.500 bits per heavy atom. The fourth-order valence-corrected chi connectivity index (χ4v) is 3.16. The lowest BCUT2D eigenvalue weighted by molar-refractivity contribution is 1.20. The second-order valence-electron chi connectivity index (χ2n) is 6.73. The van der Waals surface area contributed by atoms with Crippen molar-refractivity contribution in [3.63, 3.8) is 0 Å². The maximum absolute atomic E-state index is 3.43. The summed E-state index contributed by atoms with van der Waals surface area (Å²) in [6.07, 6.45) is 0. The van der Waals surface area contributed by atoms with Gasteiger partial charge < -0.3 is 0 Å². The van der Waals surface area contributed by atoms with Crippen molar-refractivity contribution in [2.24, 2.45) is 0 Å². The molecule has 0 amide bonds. The molecule has 0 radical (unpaired) electrons. The Hall–Kier alpha value is -2.88. The first-order valence-electron chi connectivity index (χ1n) is 8.90. The summed E-state index contributed by atoms with van der Waals surface area (Å²) in [5.74, 6) is 19.2. The van der Waals surface area contributed by atoms with E-state index in [1.165, 1.54) is 27.8 Å². The van der Waals surface area contributed by atoms with Crippen molar-refractivity contribution in [1.29, 1.82) is 0 Å². The summed E-state index contributed by atoms with van der Waals surface area (Å²) in [4.78, 5) is 0. The second-order valence-corrected chi connectivity index (χ2v) is 6.73. The van der Waals surface area contributed by atoms with Crippen molar-refractivity contribution in [2.45, 2.75) is 55.4 Å². The predicted octanol–water partition coefficient (Wildman–Crippen LogP) is 5.68. The third kappa shape index (κ3) is 3.69. The van der Waals surface area contributed by atoms with E-state index in [2.05, 4.69) is 89.2 Å². The average Bonchev–Trinajstić information content (AvgIpc) is 2.61. The van der Waals surface area contributed by atoms with Gasteiger partial charge in [0.25, 0.3) is 0 Å². The highest BCUT2D eigenvalue weighted by molar-refractivity contribution is 5.62. The molecule has 0 atom stereocenters. The molecule has 0 heterocycles. The van der Waals surface area contributed by atoms with Crippen LogP contribution < -0.4 is 0 Å². The number of hydrogen-bond donors (Lipinski definition) is 0. The minimum atomic E-state index is 1.07. The summed E-state index contributed by atoms with van der Waals surface area (Å²) < 4.78 is 0. The molecular weight excluding hydrogens is 312 g/mol. The van der Waals surface area contributed by atoms with Crippen LogP contribution in [0.15, 0.2) is 12.1 Å². The van der Waals surface area contributed by atoms with Crippen molar-refractivity contribution in [1.82, 2.24) is 0 Å². The smallest absolute Gasteiger partial charge is 0.0313 e. The Kier molecular flexibility index (Phi) is 5.98.